The summed E-state index contributed by atoms with van der Waals surface area (Å²) >= 11 is 0. The largest absolute Gasteiger partial charge is 0.412 e. The van der Waals surface area contributed by atoms with Crippen molar-refractivity contribution in [3.8, 4) is 0 Å². The van der Waals surface area contributed by atoms with Gasteiger partial charge in [-0.3, -0.25) is 0 Å². The van der Waals surface area contributed by atoms with E-state index in [0.717, 1.165) is 5.69 Å². The molecule has 0 bridgehead atoms. The van der Waals surface area contributed by atoms with E-state index in [0.29, 0.717) is 0 Å². The second-order valence-electron chi connectivity index (χ2n) is 1.94. The van der Waals surface area contributed by atoms with Crippen molar-refractivity contribution in [2.45, 2.75) is 6.92 Å². The molecule has 1 N–H and O–H groups in total. The summed E-state index contributed by atoms with van der Waals surface area (Å²) in [4.78, 5) is 2.90. The molecule has 1 aromatic rings. The van der Waals surface area contributed by atoms with Crippen molar-refractivity contribution in [3.63, 3.8) is 0 Å². The van der Waals surface area contributed by atoms with E-state index >= 15 is 0 Å². The van der Waals surface area contributed by atoms with Crippen molar-refractivity contribution in [1.82, 2.24) is 0 Å². The van der Waals surface area contributed by atoms with Gasteiger partial charge in [0.25, 0.3) is 0 Å². The highest BCUT2D eigenvalue weighted by Crippen LogP contribution is 2.10. The molecule has 1 aromatic carbocycles. The van der Waals surface area contributed by atoms with Gasteiger partial charge in [-0.2, -0.15) is 0 Å². The molecule has 3 radical (unpaired) electrons. The third-order valence-corrected chi connectivity index (χ3v) is 1.55. The van der Waals surface area contributed by atoms with Crippen LogP contribution in [0, 0.1) is 6.92 Å². The standard InChI is InChI=1S/C7H8NSi/c1-6-4-2-3-5-7(6)8-9/h2-5,8H,1H3. The molecule has 45 valence electrons. The quantitative estimate of drug-likeness (QED) is 0.574. The van der Waals surface area contributed by atoms with Gasteiger partial charge in [0.05, 0.1) is 0 Å². The maximum Gasteiger partial charge on any atom is 0.186 e. The summed E-state index contributed by atoms with van der Waals surface area (Å²) in [5.74, 6) is 0. The van der Waals surface area contributed by atoms with Gasteiger partial charge >= 0.3 is 0 Å². The molecule has 0 saturated carbocycles. The van der Waals surface area contributed by atoms with Crippen LogP contribution in [-0.2, 0) is 0 Å². The molecule has 0 saturated heterocycles. The Hall–Kier alpha value is -0.763. The molecule has 0 aliphatic heterocycles. The third-order valence-electron chi connectivity index (χ3n) is 1.28. The van der Waals surface area contributed by atoms with Gasteiger partial charge in [-0.25, -0.2) is 0 Å². The van der Waals surface area contributed by atoms with Crippen LogP contribution in [0.25, 0.3) is 0 Å². The fourth-order valence-corrected chi connectivity index (χ4v) is 0.994. The molecular weight excluding hydrogens is 126 g/mol. The van der Waals surface area contributed by atoms with Gasteiger partial charge in [-0.15, -0.1) is 0 Å². The fraction of sp³-hybridized carbons (Fsp3) is 0.143. The molecule has 0 atom stereocenters. The van der Waals surface area contributed by atoms with Gasteiger partial charge in [0, 0.05) is 5.69 Å². The molecule has 1 nitrogen and oxygen atoms in total. The molecular formula is C7H8NSi. The summed E-state index contributed by atoms with van der Waals surface area (Å²) in [6.07, 6.45) is 0. The summed E-state index contributed by atoms with van der Waals surface area (Å²) in [5, 5.41) is 0. The van der Waals surface area contributed by atoms with Gasteiger partial charge in [0.15, 0.2) is 10.4 Å². The Morgan fingerprint density at radius 3 is 2.44 bits per heavy atom. The molecule has 0 aromatic heterocycles. The molecule has 0 unspecified atom stereocenters. The van der Waals surface area contributed by atoms with Crippen LogP contribution >= 0.6 is 0 Å². The number of aryl methyl sites for hydroxylation is 1. The van der Waals surface area contributed by atoms with E-state index in [4.69, 9.17) is 0 Å². The average molecular weight is 134 g/mol. The second kappa shape index (κ2) is 2.69. The topological polar surface area (TPSA) is 12.0 Å². The first-order valence-electron chi connectivity index (χ1n) is 2.83. The van der Waals surface area contributed by atoms with Gasteiger partial charge in [-0.1, -0.05) is 18.2 Å². The van der Waals surface area contributed by atoms with Crippen LogP contribution in [0.5, 0.6) is 0 Å². The van der Waals surface area contributed by atoms with E-state index in [2.05, 4.69) is 28.4 Å². The van der Waals surface area contributed by atoms with E-state index in [1.165, 1.54) is 5.56 Å². The highest BCUT2D eigenvalue weighted by atomic mass is 28.2. The first kappa shape index (κ1) is 6.36. The molecule has 0 spiro atoms. The summed E-state index contributed by atoms with van der Waals surface area (Å²) in [7, 11) is 3.20. The van der Waals surface area contributed by atoms with Crippen molar-refractivity contribution in [2.24, 2.45) is 0 Å². The SMILES string of the molecule is Cc1ccccc1N[Si]. The molecule has 0 aliphatic carbocycles. The minimum atomic E-state index is 1.12. The highest BCUT2D eigenvalue weighted by Gasteiger charge is 1.88. The van der Waals surface area contributed by atoms with Crippen LogP contribution in [0.3, 0.4) is 0 Å². The van der Waals surface area contributed by atoms with Crippen LogP contribution < -0.4 is 4.98 Å². The van der Waals surface area contributed by atoms with Gasteiger partial charge < -0.3 is 4.98 Å². The lowest BCUT2D eigenvalue weighted by molar-refractivity contribution is 1.47. The van der Waals surface area contributed by atoms with Crippen molar-refractivity contribution >= 4 is 16.1 Å². The number of hydrogen-bond donors (Lipinski definition) is 1. The summed E-state index contributed by atoms with van der Waals surface area (Å²) in [6.45, 7) is 2.06. The number of nitrogens with one attached hydrogen (secondary N) is 1. The molecule has 2 heteroatoms. The van der Waals surface area contributed by atoms with E-state index in [1.54, 1.807) is 0 Å². The third kappa shape index (κ3) is 1.33. The van der Waals surface area contributed by atoms with E-state index in [1.807, 2.05) is 18.2 Å². The number of benzene rings is 1. The lowest BCUT2D eigenvalue weighted by Crippen LogP contribution is -1.91. The van der Waals surface area contributed by atoms with Crippen molar-refractivity contribution in [2.75, 3.05) is 4.98 Å². The predicted molar refractivity (Wildman–Crippen MR) is 40.6 cm³/mol. The maximum atomic E-state index is 3.20. The number of para-hydroxylation sites is 1. The highest BCUT2D eigenvalue weighted by molar-refractivity contribution is 6.16. The van der Waals surface area contributed by atoms with E-state index in [9.17, 15) is 0 Å². The Morgan fingerprint density at radius 2 is 2.00 bits per heavy atom. The first-order valence-corrected chi connectivity index (χ1v) is 3.33. The Labute approximate surface area is 58.6 Å². The lowest BCUT2D eigenvalue weighted by Gasteiger charge is -2.01. The molecule has 1 rings (SSSR count). The zero-order valence-electron chi connectivity index (χ0n) is 5.31. The van der Waals surface area contributed by atoms with Crippen LogP contribution in [0.1, 0.15) is 5.56 Å². The monoisotopic (exact) mass is 134 g/mol. The minimum Gasteiger partial charge on any atom is -0.412 e. The van der Waals surface area contributed by atoms with Crippen LogP contribution in [0.2, 0.25) is 0 Å². The summed E-state index contributed by atoms with van der Waals surface area (Å²) in [6, 6.07) is 8.09. The Bertz CT molecular complexity index is 198. The molecule has 0 aliphatic rings. The maximum absolute atomic E-state index is 3.20. The Kier molecular flexibility index (Phi) is 1.90. The molecule has 0 amide bonds. The van der Waals surface area contributed by atoms with Crippen molar-refractivity contribution in [1.29, 1.82) is 0 Å². The second-order valence-corrected chi connectivity index (χ2v) is 2.19. The van der Waals surface area contributed by atoms with Gasteiger partial charge in [-0.05, 0) is 18.6 Å². The fourth-order valence-electron chi connectivity index (χ4n) is 0.713. The summed E-state index contributed by atoms with van der Waals surface area (Å²) in [5.41, 5.74) is 2.36. The minimum absolute atomic E-state index is 1.12. The van der Waals surface area contributed by atoms with Crippen molar-refractivity contribution in [3.05, 3.63) is 29.8 Å². The zero-order chi connectivity index (χ0) is 6.69. The van der Waals surface area contributed by atoms with Crippen molar-refractivity contribution < 1.29 is 0 Å². The average Bonchev–Trinajstić information content (AvgIpc) is 1.89. The Morgan fingerprint density at radius 1 is 1.33 bits per heavy atom. The first-order chi connectivity index (χ1) is 4.34. The normalized spacial score (nSPS) is 9.11. The van der Waals surface area contributed by atoms with E-state index in [-0.39, 0.29) is 0 Å². The smallest absolute Gasteiger partial charge is 0.186 e. The number of anilines is 1. The van der Waals surface area contributed by atoms with E-state index < -0.39 is 0 Å². The zero-order valence-corrected chi connectivity index (χ0v) is 6.31. The molecule has 0 heterocycles. The Balaban J connectivity index is 3.01. The van der Waals surface area contributed by atoms with Crippen LogP contribution in [-0.4, -0.2) is 10.4 Å². The lowest BCUT2D eigenvalue weighted by atomic mass is 10.2. The van der Waals surface area contributed by atoms with Crippen LogP contribution in [0.4, 0.5) is 5.69 Å². The van der Waals surface area contributed by atoms with Crippen LogP contribution in [0.15, 0.2) is 24.3 Å². The number of hydrogen-bond acceptors (Lipinski definition) is 1. The number of rotatable bonds is 1. The molecule has 0 fully saturated rings. The summed E-state index contributed by atoms with van der Waals surface area (Å²) < 4.78 is 0. The predicted octanol–water partition coefficient (Wildman–Crippen LogP) is 1.49. The van der Waals surface area contributed by atoms with Gasteiger partial charge in [0.1, 0.15) is 0 Å². The van der Waals surface area contributed by atoms with Gasteiger partial charge in [0.2, 0.25) is 0 Å². The molecule has 9 heavy (non-hydrogen) atoms.